The first-order valence-corrected chi connectivity index (χ1v) is 8.48. The highest BCUT2D eigenvalue weighted by Crippen LogP contribution is 2.25. The van der Waals surface area contributed by atoms with Gasteiger partial charge in [-0.2, -0.15) is 5.10 Å². The molecule has 0 bridgehead atoms. The van der Waals surface area contributed by atoms with E-state index in [0.29, 0.717) is 17.9 Å². The Balaban J connectivity index is 1.83. The van der Waals surface area contributed by atoms with E-state index in [4.69, 9.17) is 16.7 Å². The molecule has 0 aliphatic heterocycles. The maximum Gasteiger partial charge on any atom is 0.238 e. The Bertz CT molecular complexity index is 968. The van der Waals surface area contributed by atoms with Crippen LogP contribution < -0.4 is 10.5 Å². The second-order valence-electron chi connectivity index (χ2n) is 4.91. The molecule has 0 aliphatic rings. The predicted molar refractivity (Wildman–Crippen MR) is 86.5 cm³/mol. The Kier molecular flexibility index (Phi) is 3.92. The molecule has 3 N–H and O–H groups in total. The Hall–Kier alpha value is -2.23. The van der Waals surface area contributed by atoms with Crippen LogP contribution in [-0.2, 0) is 23.6 Å². The lowest BCUT2D eigenvalue weighted by atomic mass is 10.2. The fourth-order valence-corrected chi connectivity index (χ4v) is 2.94. The van der Waals surface area contributed by atoms with E-state index >= 15 is 0 Å². The van der Waals surface area contributed by atoms with Crippen LogP contribution in [0.15, 0.2) is 35.4 Å². The van der Waals surface area contributed by atoms with Crippen LogP contribution in [0.2, 0.25) is 5.15 Å². The molecule has 0 saturated carbocycles. The topological polar surface area (TPSA) is 116 Å². The van der Waals surface area contributed by atoms with E-state index in [1.54, 1.807) is 30.1 Å². The van der Waals surface area contributed by atoms with Gasteiger partial charge in [0.1, 0.15) is 5.52 Å². The van der Waals surface area contributed by atoms with Gasteiger partial charge < -0.3 is 5.32 Å². The summed E-state index contributed by atoms with van der Waals surface area (Å²) in [5, 5.41) is 21.3. The lowest BCUT2D eigenvalue weighted by molar-refractivity contribution is 0.598. The molecule has 3 aromatic rings. The first kappa shape index (κ1) is 15.7. The summed E-state index contributed by atoms with van der Waals surface area (Å²) in [7, 11) is -1.92. The van der Waals surface area contributed by atoms with Crippen molar-refractivity contribution in [1.82, 2.24) is 20.0 Å². The SMILES string of the molecule is Cn1ncc2c(NCc3ccc(S(N)(=O)=O)cc3)nnc(Cl)c21. The van der Waals surface area contributed by atoms with Crippen LogP contribution in [0.3, 0.4) is 0 Å². The van der Waals surface area contributed by atoms with Gasteiger partial charge in [0.2, 0.25) is 10.0 Å². The Morgan fingerprint density at radius 3 is 2.61 bits per heavy atom. The number of benzene rings is 1. The molecule has 10 heteroatoms. The summed E-state index contributed by atoms with van der Waals surface area (Å²) < 4.78 is 24.1. The first-order valence-electron chi connectivity index (χ1n) is 6.56. The van der Waals surface area contributed by atoms with Gasteiger partial charge in [-0.1, -0.05) is 23.7 Å². The smallest absolute Gasteiger partial charge is 0.238 e. The van der Waals surface area contributed by atoms with Gasteiger partial charge in [0, 0.05) is 13.6 Å². The zero-order valence-corrected chi connectivity index (χ0v) is 13.6. The molecular weight excluding hydrogens is 340 g/mol. The van der Waals surface area contributed by atoms with Gasteiger partial charge in [0.05, 0.1) is 16.5 Å². The number of hydrogen-bond donors (Lipinski definition) is 2. The summed E-state index contributed by atoms with van der Waals surface area (Å²) in [5.41, 5.74) is 1.56. The van der Waals surface area contributed by atoms with Crippen LogP contribution in [0, 0.1) is 0 Å². The molecular formula is C13H13ClN6O2S. The van der Waals surface area contributed by atoms with Gasteiger partial charge >= 0.3 is 0 Å². The van der Waals surface area contributed by atoms with Crippen molar-refractivity contribution in [2.75, 3.05) is 5.32 Å². The van der Waals surface area contributed by atoms with E-state index < -0.39 is 10.0 Å². The third-order valence-electron chi connectivity index (χ3n) is 3.34. The number of halogens is 1. The van der Waals surface area contributed by atoms with E-state index in [-0.39, 0.29) is 10.0 Å². The third kappa shape index (κ3) is 3.11. The first-order chi connectivity index (χ1) is 10.9. The predicted octanol–water partition coefficient (Wildman–Crippen LogP) is 1.28. The molecule has 2 heterocycles. The van der Waals surface area contributed by atoms with Gasteiger partial charge in [-0.05, 0) is 17.7 Å². The zero-order chi connectivity index (χ0) is 16.6. The highest BCUT2D eigenvalue weighted by atomic mass is 35.5. The summed E-state index contributed by atoms with van der Waals surface area (Å²) in [6.45, 7) is 0.436. The molecule has 0 aliphatic carbocycles. The molecule has 120 valence electrons. The minimum atomic E-state index is -3.69. The minimum Gasteiger partial charge on any atom is -0.364 e. The molecule has 0 atom stereocenters. The second kappa shape index (κ2) is 5.76. The lowest BCUT2D eigenvalue weighted by Gasteiger charge is -2.07. The van der Waals surface area contributed by atoms with Crippen LogP contribution in [0.25, 0.3) is 10.9 Å². The fraction of sp³-hybridized carbons (Fsp3) is 0.154. The molecule has 0 unspecified atom stereocenters. The monoisotopic (exact) mass is 352 g/mol. The number of primary sulfonamides is 1. The second-order valence-corrected chi connectivity index (χ2v) is 6.83. The maximum absolute atomic E-state index is 11.2. The number of nitrogens with two attached hydrogens (primary N) is 1. The number of aryl methyl sites for hydroxylation is 1. The van der Waals surface area contributed by atoms with Crippen LogP contribution >= 0.6 is 11.6 Å². The van der Waals surface area contributed by atoms with Crippen molar-refractivity contribution in [1.29, 1.82) is 0 Å². The lowest BCUT2D eigenvalue weighted by Crippen LogP contribution is -2.12. The van der Waals surface area contributed by atoms with Crippen LogP contribution in [0.1, 0.15) is 5.56 Å². The molecule has 0 spiro atoms. The average Bonchev–Trinajstić information content (AvgIpc) is 2.89. The van der Waals surface area contributed by atoms with E-state index in [9.17, 15) is 8.42 Å². The van der Waals surface area contributed by atoms with Crippen molar-refractivity contribution in [2.24, 2.45) is 12.2 Å². The van der Waals surface area contributed by atoms with E-state index in [1.807, 2.05) is 0 Å². The van der Waals surface area contributed by atoms with E-state index in [1.165, 1.54) is 12.1 Å². The van der Waals surface area contributed by atoms with Crippen LogP contribution in [0.5, 0.6) is 0 Å². The van der Waals surface area contributed by atoms with Crippen molar-refractivity contribution < 1.29 is 8.42 Å². The molecule has 23 heavy (non-hydrogen) atoms. The Labute approximate surface area is 137 Å². The number of aromatic nitrogens is 4. The molecule has 0 saturated heterocycles. The standard InChI is InChI=1S/C13H13ClN6O2S/c1-20-11-10(7-17-20)13(19-18-12(11)14)16-6-8-2-4-9(5-3-8)23(15,21)22/h2-5,7H,6H2,1H3,(H,16,19)(H2,15,21,22). The number of fused-ring (bicyclic) bond motifs is 1. The van der Waals surface area contributed by atoms with Crippen molar-refractivity contribution in [3.63, 3.8) is 0 Å². The van der Waals surface area contributed by atoms with Gasteiger partial charge in [-0.25, -0.2) is 13.6 Å². The Morgan fingerprint density at radius 1 is 1.26 bits per heavy atom. The number of anilines is 1. The van der Waals surface area contributed by atoms with Gasteiger partial charge in [-0.3, -0.25) is 4.68 Å². The molecule has 0 fully saturated rings. The minimum absolute atomic E-state index is 0.0715. The summed E-state index contributed by atoms with van der Waals surface area (Å²) in [4.78, 5) is 0.0715. The van der Waals surface area contributed by atoms with Gasteiger partial charge in [0.25, 0.3) is 0 Å². The van der Waals surface area contributed by atoms with Crippen LogP contribution in [-0.4, -0.2) is 28.4 Å². The van der Waals surface area contributed by atoms with Gasteiger partial charge in [-0.15, -0.1) is 10.2 Å². The number of hydrogen-bond acceptors (Lipinski definition) is 6. The summed E-state index contributed by atoms with van der Waals surface area (Å²) in [5.74, 6) is 0.549. The normalized spacial score (nSPS) is 11.8. The third-order valence-corrected chi connectivity index (χ3v) is 4.52. The Morgan fingerprint density at radius 2 is 1.96 bits per heavy atom. The highest BCUT2D eigenvalue weighted by Gasteiger charge is 2.12. The van der Waals surface area contributed by atoms with E-state index in [0.717, 1.165) is 10.9 Å². The highest BCUT2D eigenvalue weighted by molar-refractivity contribution is 7.89. The molecule has 1 aromatic carbocycles. The summed E-state index contributed by atoms with van der Waals surface area (Å²) in [6.07, 6.45) is 1.66. The van der Waals surface area contributed by atoms with Crippen molar-refractivity contribution in [3.8, 4) is 0 Å². The van der Waals surface area contributed by atoms with Crippen molar-refractivity contribution in [2.45, 2.75) is 11.4 Å². The molecule has 0 radical (unpaired) electrons. The average molecular weight is 353 g/mol. The summed E-state index contributed by atoms with van der Waals surface area (Å²) in [6, 6.07) is 6.27. The zero-order valence-electron chi connectivity index (χ0n) is 12.1. The number of nitrogens with zero attached hydrogens (tertiary/aromatic N) is 4. The van der Waals surface area contributed by atoms with E-state index in [2.05, 4.69) is 20.6 Å². The number of nitrogens with one attached hydrogen (secondary N) is 1. The molecule has 2 aromatic heterocycles. The number of rotatable bonds is 4. The largest absolute Gasteiger partial charge is 0.364 e. The number of sulfonamides is 1. The summed E-state index contributed by atoms with van der Waals surface area (Å²) >= 11 is 6.02. The van der Waals surface area contributed by atoms with Crippen molar-refractivity contribution >= 4 is 38.3 Å². The van der Waals surface area contributed by atoms with Crippen LogP contribution in [0.4, 0.5) is 5.82 Å². The quantitative estimate of drug-likeness (QED) is 0.730. The fourth-order valence-electron chi connectivity index (χ4n) is 2.16. The van der Waals surface area contributed by atoms with Gasteiger partial charge in [0.15, 0.2) is 11.0 Å². The maximum atomic E-state index is 11.2. The van der Waals surface area contributed by atoms with Crippen molar-refractivity contribution in [3.05, 3.63) is 41.2 Å². The molecule has 0 amide bonds. The molecule has 3 rings (SSSR count). The molecule has 8 nitrogen and oxygen atoms in total.